The monoisotopic (exact) mass is 746 g/mol. The molecule has 0 amide bonds. The van der Waals surface area contributed by atoms with Gasteiger partial charge in [-0.15, -0.1) is 23.5 Å². The molecule has 4 aromatic rings. The number of para-hydroxylation sites is 2. The van der Waals surface area contributed by atoms with Gasteiger partial charge in [0.15, 0.2) is 0 Å². The predicted molar refractivity (Wildman–Crippen MR) is 215 cm³/mol. The number of H-pyrrole nitrogens is 2. The highest BCUT2D eigenvalue weighted by molar-refractivity contribution is 8.15. The summed E-state index contributed by atoms with van der Waals surface area (Å²) in [5, 5.41) is 7.84. The summed E-state index contributed by atoms with van der Waals surface area (Å²) in [5.41, 5.74) is 10.9. The van der Waals surface area contributed by atoms with Gasteiger partial charge in [-0.25, -0.2) is 0 Å². The number of thioether (sulfide) groups is 2. The van der Waals surface area contributed by atoms with Crippen LogP contribution >= 0.6 is 23.5 Å². The molecule has 5 N–H and O–H groups in total. The van der Waals surface area contributed by atoms with Crippen LogP contribution in [0.25, 0.3) is 21.8 Å². The number of nitrogen functional groups attached to an aromatic ring is 1. The number of ether oxygens (including phenoxy) is 3. The second-order valence-corrected chi connectivity index (χ2v) is 17.5. The van der Waals surface area contributed by atoms with E-state index in [0.717, 1.165) is 86.8 Å². The number of hydrogen-bond acceptors (Lipinski definition) is 11. The number of nitrogens with one attached hydrogen (secondary N) is 3. The fourth-order valence-electron chi connectivity index (χ4n) is 5.82. The molecule has 0 spiro atoms. The van der Waals surface area contributed by atoms with Gasteiger partial charge in [0.1, 0.15) is 23.3 Å². The van der Waals surface area contributed by atoms with Crippen molar-refractivity contribution in [3.63, 3.8) is 0 Å². The number of benzene rings is 2. The Balaban J connectivity index is 0.000000183. The minimum atomic E-state index is -0.483. The first-order chi connectivity index (χ1) is 24.7. The summed E-state index contributed by atoms with van der Waals surface area (Å²) in [7, 11) is 0. The first-order valence-corrected chi connectivity index (χ1v) is 19.8. The van der Waals surface area contributed by atoms with E-state index in [9.17, 15) is 9.59 Å². The smallest absolute Gasteiger partial charge is 0.311 e. The molecule has 1 fully saturated rings. The molecular weight excluding hydrogens is 697 g/mol. The van der Waals surface area contributed by atoms with Crippen LogP contribution in [-0.4, -0.2) is 88.1 Å². The topological polar surface area (TPSA) is 156 Å². The van der Waals surface area contributed by atoms with Crippen LogP contribution in [0.1, 0.15) is 65.8 Å². The van der Waals surface area contributed by atoms with Crippen molar-refractivity contribution in [2.75, 3.05) is 49.0 Å². The quantitative estimate of drug-likeness (QED) is 0.107. The predicted octanol–water partition coefficient (Wildman–Crippen LogP) is 7.41. The summed E-state index contributed by atoms with van der Waals surface area (Å²) in [5.74, 6) is 1.28. The van der Waals surface area contributed by atoms with Gasteiger partial charge in [0, 0.05) is 41.5 Å². The van der Waals surface area contributed by atoms with Gasteiger partial charge in [0.05, 0.1) is 56.7 Å². The Labute approximate surface area is 313 Å². The maximum Gasteiger partial charge on any atom is 0.311 e. The van der Waals surface area contributed by atoms with Gasteiger partial charge in [-0.2, -0.15) is 0 Å². The van der Waals surface area contributed by atoms with Gasteiger partial charge in [-0.05, 0) is 78.6 Å². The fourth-order valence-corrected chi connectivity index (χ4v) is 7.84. The van der Waals surface area contributed by atoms with Gasteiger partial charge >= 0.3 is 11.9 Å². The van der Waals surface area contributed by atoms with Gasteiger partial charge in [0.25, 0.3) is 0 Å². The van der Waals surface area contributed by atoms with E-state index >= 15 is 0 Å². The van der Waals surface area contributed by atoms with Crippen LogP contribution in [0.2, 0.25) is 0 Å². The fraction of sp³-hybridized carbons (Fsp3) is 0.487. The van der Waals surface area contributed by atoms with Crippen LogP contribution in [-0.2, 0) is 23.8 Å². The molecule has 5 heterocycles. The van der Waals surface area contributed by atoms with Gasteiger partial charge in [-0.3, -0.25) is 19.6 Å². The lowest BCUT2D eigenvalue weighted by Gasteiger charge is -2.24. The number of anilines is 2. The molecule has 2 atom stereocenters. The highest BCUT2D eigenvalue weighted by Crippen LogP contribution is 2.31. The highest BCUT2D eigenvalue weighted by atomic mass is 32.2. The molecule has 1 saturated heterocycles. The molecule has 0 bridgehead atoms. The molecule has 0 saturated carbocycles. The molecule has 278 valence electrons. The van der Waals surface area contributed by atoms with Crippen molar-refractivity contribution in [2.45, 2.75) is 72.5 Å². The number of hydrogen-bond donors (Lipinski definition) is 4. The van der Waals surface area contributed by atoms with Crippen LogP contribution in [0.15, 0.2) is 58.5 Å². The van der Waals surface area contributed by atoms with E-state index in [-0.39, 0.29) is 24.0 Å². The third-order valence-corrected chi connectivity index (χ3v) is 11.1. The van der Waals surface area contributed by atoms with E-state index in [1.54, 1.807) is 23.5 Å². The van der Waals surface area contributed by atoms with E-state index < -0.39 is 10.8 Å². The Kier molecular flexibility index (Phi) is 11.6. The van der Waals surface area contributed by atoms with Crippen molar-refractivity contribution in [1.29, 1.82) is 0 Å². The molecule has 2 aromatic heterocycles. The molecule has 11 nitrogen and oxygen atoms in total. The average molecular weight is 747 g/mol. The van der Waals surface area contributed by atoms with E-state index in [1.165, 1.54) is 5.39 Å². The SMILES string of the molecule is CC(C)(C)C(=O)OC[C@@H]1CSC(c2cc3cccc(N)c3[nH]2)=N1.CC(C)(C)C(=O)OC[C@@H]1CSC(c2cc3cccc(NC4CCOCC4)c3[nH]2)=N1. The number of esters is 2. The maximum atomic E-state index is 12.0. The standard InChI is InChI=1S/C22H29N3O3S.C17H21N3O2S/c1-22(2,3)21(26)28-12-16-13-29-20(24-16)18-11-14-5-4-6-17(19(14)25-18)23-15-7-9-27-10-8-15;1-17(2,3)16(21)22-8-11-9-23-15(19-11)13-7-10-5-4-6-12(18)14(10)20-13/h4-6,11,15-16,23,25H,7-10,12-13H2,1-3H3;4-7,11,20H,8-9,18H2,1-3H3/t16-;11-/m11/s1. The molecule has 0 radical (unpaired) electrons. The van der Waals surface area contributed by atoms with Crippen molar-refractivity contribution in [3.05, 3.63) is 59.9 Å². The normalized spacial score (nSPS) is 19.6. The Hall–Kier alpha value is -3.94. The molecule has 13 heteroatoms. The van der Waals surface area contributed by atoms with Crippen molar-refractivity contribution in [3.8, 4) is 0 Å². The zero-order chi connectivity index (χ0) is 37.0. The lowest BCUT2D eigenvalue weighted by atomic mass is 9.97. The summed E-state index contributed by atoms with van der Waals surface area (Å²) in [6, 6.07) is 16.8. The molecule has 52 heavy (non-hydrogen) atoms. The number of nitrogens with zero attached hydrogens (tertiary/aromatic N) is 2. The number of fused-ring (bicyclic) bond motifs is 2. The van der Waals surface area contributed by atoms with E-state index in [1.807, 2.05) is 59.7 Å². The summed E-state index contributed by atoms with van der Waals surface area (Å²) < 4.78 is 16.3. The molecular formula is C39H50N6O5S2. The number of carbonyl (C=O) groups excluding carboxylic acids is 2. The second-order valence-electron chi connectivity index (χ2n) is 15.5. The molecule has 0 unspecified atom stereocenters. The Morgan fingerprint density at radius 1 is 0.808 bits per heavy atom. The number of aliphatic imine (C=N–C) groups is 2. The average Bonchev–Trinajstić information content (AvgIpc) is 3.92. The number of aromatic nitrogens is 2. The largest absolute Gasteiger partial charge is 0.463 e. The van der Waals surface area contributed by atoms with Gasteiger partial charge in [-0.1, -0.05) is 24.3 Å². The summed E-state index contributed by atoms with van der Waals surface area (Å²) >= 11 is 3.38. The van der Waals surface area contributed by atoms with E-state index in [4.69, 9.17) is 24.9 Å². The maximum absolute atomic E-state index is 12.0. The van der Waals surface area contributed by atoms with Crippen LogP contribution in [0.3, 0.4) is 0 Å². The van der Waals surface area contributed by atoms with E-state index in [2.05, 4.69) is 50.6 Å². The lowest BCUT2D eigenvalue weighted by molar-refractivity contribution is -0.153. The minimum Gasteiger partial charge on any atom is -0.463 e. The molecule has 0 aliphatic carbocycles. The van der Waals surface area contributed by atoms with Gasteiger partial charge < -0.3 is 35.2 Å². The Morgan fingerprint density at radius 2 is 1.31 bits per heavy atom. The third kappa shape index (κ3) is 9.34. The Bertz CT molecular complexity index is 1960. The molecule has 3 aliphatic heterocycles. The summed E-state index contributed by atoms with van der Waals surface area (Å²) in [6.07, 6.45) is 2.06. The highest BCUT2D eigenvalue weighted by Gasteiger charge is 2.28. The van der Waals surface area contributed by atoms with E-state index in [0.29, 0.717) is 19.3 Å². The minimum absolute atomic E-state index is 0.00468. The van der Waals surface area contributed by atoms with Crippen LogP contribution in [0.4, 0.5) is 11.4 Å². The van der Waals surface area contributed by atoms with Crippen LogP contribution in [0.5, 0.6) is 0 Å². The number of aromatic amines is 2. The van der Waals surface area contributed by atoms with Crippen molar-refractivity contribution in [2.24, 2.45) is 20.8 Å². The number of nitrogens with two attached hydrogens (primary N) is 1. The number of rotatable bonds is 8. The first kappa shape index (κ1) is 37.8. The van der Waals surface area contributed by atoms with Crippen molar-refractivity contribution in [1.82, 2.24) is 9.97 Å². The Morgan fingerprint density at radius 3 is 1.83 bits per heavy atom. The molecule has 7 rings (SSSR count). The van der Waals surface area contributed by atoms with Crippen molar-refractivity contribution >= 4 is 78.7 Å². The second kappa shape index (κ2) is 16.0. The zero-order valence-corrected chi connectivity index (χ0v) is 32.5. The number of carbonyl (C=O) groups is 2. The molecule has 2 aromatic carbocycles. The van der Waals surface area contributed by atoms with Crippen molar-refractivity contribution < 1.29 is 23.8 Å². The first-order valence-electron chi connectivity index (χ1n) is 17.8. The molecule has 3 aliphatic rings. The summed E-state index contributed by atoms with van der Waals surface area (Å²) in [4.78, 5) is 40.2. The van der Waals surface area contributed by atoms with Crippen LogP contribution < -0.4 is 11.1 Å². The third-order valence-electron chi connectivity index (χ3n) is 8.85. The lowest BCUT2D eigenvalue weighted by Crippen LogP contribution is -2.27. The van der Waals surface area contributed by atoms with Gasteiger partial charge in [0.2, 0.25) is 0 Å². The van der Waals surface area contributed by atoms with Crippen LogP contribution in [0, 0.1) is 10.8 Å². The zero-order valence-electron chi connectivity index (χ0n) is 30.8. The summed E-state index contributed by atoms with van der Waals surface area (Å²) in [6.45, 7) is 13.4.